The predicted molar refractivity (Wildman–Crippen MR) is 105 cm³/mol. The third-order valence-electron chi connectivity index (χ3n) is 4.51. The maximum atomic E-state index is 14.1. The Morgan fingerprint density at radius 3 is 2.07 bits per heavy atom. The molecular formula is C22H20F2N2PtS. The number of halogens is 2. The Morgan fingerprint density at radius 1 is 0.893 bits per heavy atom. The summed E-state index contributed by atoms with van der Waals surface area (Å²) in [4.78, 5) is 9.36. The van der Waals surface area contributed by atoms with Gasteiger partial charge in [-0.25, -0.2) is 0 Å². The number of pyridine rings is 2. The second-order valence-electron chi connectivity index (χ2n) is 7.49. The van der Waals surface area contributed by atoms with Gasteiger partial charge in [0.05, 0.1) is 5.69 Å². The fourth-order valence-electron chi connectivity index (χ4n) is 2.81. The Bertz CT molecular complexity index is 984. The molecule has 148 valence electrons. The van der Waals surface area contributed by atoms with Crippen LogP contribution < -0.4 is 0 Å². The quantitative estimate of drug-likeness (QED) is 0.310. The number of hydrogen-bond acceptors (Lipinski definition) is 3. The van der Waals surface area contributed by atoms with E-state index in [9.17, 15) is 8.78 Å². The fraction of sp³-hybridized carbons (Fsp3) is 0.273. The van der Waals surface area contributed by atoms with Crippen molar-refractivity contribution in [2.45, 2.75) is 37.9 Å². The molecule has 0 amide bonds. The van der Waals surface area contributed by atoms with Gasteiger partial charge in [-0.1, -0.05) is 43.7 Å². The number of nitrogens with zero attached hydrogens (tertiary/aromatic N) is 2. The van der Waals surface area contributed by atoms with Gasteiger partial charge in [0.1, 0.15) is 0 Å². The molecule has 3 aromatic rings. The molecule has 0 radical (unpaired) electrons. The predicted octanol–water partition coefficient (Wildman–Crippen LogP) is 5.33. The molecule has 0 fully saturated rings. The van der Waals surface area contributed by atoms with E-state index in [0.717, 1.165) is 29.2 Å². The van der Waals surface area contributed by atoms with Crippen molar-refractivity contribution in [3.63, 3.8) is 0 Å². The van der Waals surface area contributed by atoms with E-state index in [2.05, 4.69) is 11.1 Å². The monoisotopic (exact) mass is 577 g/mol. The standard InChI is InChI=1S/C22H21F2N2S.Pt/c1-21(2,19-9-6-10-20(26-19)22(3,4)27)18-8-5-7-17(25-18)15-12-11-14(23)13-16(15)24;/h5-11,13,27H,1-4H3;/q-1;+2/p-1. The molecule has 0 aliphatic carbocycles. The summed E-state index contributed by atoms with van der Waals surface area (Å²) in [7, 11) is 0. The van der Waals surface area contributed by atoms with Gasteiger partial charge < -0.3 is 17.6 Å². The molecular weight excluding hydrogens is 557 g/mol. The molecule has 0 spiro atoms. The molecule has 0 aliphatic rings. The summed E-state index contributed by atoms with van der Waals surface area (Å²) in [6.45, 7) is 7.89. The van der Waals surface area contributed by atoms with Crippen molar-refractivity contribution >= 4 is 12.6 Å². The summed E-state index contributed by atoms with van der Waals surface area (Å²) in [5.74, 6) is -1.36. The van der Waals surface area contributed by atoms with Crippen LogP contribution in [-0.4, -0.2) is 9.97 Å². The Balaban J connectivity index is 0.00000280. The first-order chi connectivity index (χ1) is 12.6. The smallest absolute Gasteiger partial charge is 0.780 e. The van der Waals surface area contributed by atoms with Gasteiger partial charge in [-0.2, -0.15) is 0 Å². The summed E-state index contributed by atoms with van der Waals surface area (Å²) in [5.41, 5.74) is 2.39. The first kappa shape index (κ1) is 22.7. The second kappa shape index (κ2) is 8.42. The molecule has 0 N–H and O–H groups in total. The SMILES string of the molecule is CC(C)([S-])c1cccc(C(C)(C)c2cccc(-c3[c-]cc(F)cc3F)n2)n1.[Pt+2]. The van der Waals surface area contributed by atoms with E-state index in [-0.39, 0.29) is 26.6 Å². The van der Waals surface area contributed by atoms with Crippen LogP contribution in [0.1, 0.15) is 44.8 Å². The van der Waals surface area contributed by atoms with Crippen molar-refractivity contribution in [3.8, 4) is 11.3 Å². The van der Waals surface area contributed by atoms with E-state index in [1.165, 1.54) is 0 Å². The molecule has 0 saturated carbocycles. The minimum absolute atomic E-state index is 0. The van der Waals surface area contributed by atoms with Gasteiger partial charge in [0.25, 0.3) is 0 Å². The van der Waals surface area contributed by atoms with Crippen LogP contribution in [0.5, 0.6) is 0 Å². The van der Waals surface area contributed by atoms with Crippen molar-refractivity contribution in [3.05, 3.63) is 83.3 Å². The van der Waals surface area contributed by atoms with Crippen LogP contribution in [-0.2, 0) is 43.9 Å². The van der Waals surface area contributed by atoms with Gasteiger partial charge in [-0.3, -0.25) is 13.8 Å². The Hall–Kier alpha value is -1.58. The van der Waals surface area contributed by atoms with E-state index in [0.29, 0.717) is 5.69 Å². The number of benzene rings is 1. The van der Waals surface area contributed by atoms with E-state index < -0.39 is 21.8 Å². The summed E-state index contributed by atoms with van der Waals surface area (Å²) >= 11 is 5.51. The zero-order valence-electron chi connectivity index (χ0n) is 16.0. The average Bonchev–Trinajstić information content (AvgIpc) is 2.61. The molecule has 0 atom stereocenters. The third-order valence-corrected chi connectivity index (χ3v) is 4.72. The maximum Gasteiger partial charge on any atom is 2.00 e. The van der Waals surface area contributed by atoms with Crippen LogP contribution in [0, 0.1) is 17.7 Å². The van der Waals surface area contributed by atoms with Crippen molar-refractivity contribution in [2.24, 2.45) is 0 Å². The van der Waals surface area contributed by atoms with E-state index >= 15 is 0 Å². The maximum absolute atomic E-state index is 14.1. The average molecular weight is 578 g/mol. The van der Waals surface area contributed by atoms with E-state index in [4.69, 9.17) is 17.6 Å². The van der Waals surface area contributed by atoms with Gasteiger partial charge in [-0.05, 0) is 37.7 Å². The molecule has 3 rings (SSSR count). The summed E-state index contributed by atoms with van der Waals surface area (Å²) in [6, 6.07) is 15.7. The van der Waals surface area contributed by atoms with Crippen LogP contribution in [0.15, 0.2) is 48.5 Å². The van der Waals surface area contributed by atoms with Crippen LogP contribution in [0.3, 0.4) is 0 Å². The normalized spacial score (nSPS) is 11.8. The minimum Gasteiger partial charge on any atom is -0.780 e. The van der Waals surface area contributed by atoms with Crippen molar-refractivity contribution < 1.29 is 29.8 Å². The van der Waals surface area contributed by atoms with E-state index in [1.807, 2.05) is 52.0 Å². The molecule has 0 bridgehead atoms. The summed E-state index contributed by atoms with van der Waals surface area (Å²) in [6.07, 6.45) is 0. The van der Waals surface area contributed by atoms with Crippen molar-refractivity contribution in [1.82, 2.24) is 9.97 Å². The van der Waals surface area contributed by atoms with Crippen LogP contribution >= 0.6 is 0 Å². The Morgan fingerprint density at radius 2 is 1.46 bits per heavy atom. The van der Waals surface area contributed by atoms with Crippen LogP contribution in [0.4, 0.5) is 8.78 Å². The second-order valence-corrected chi connectivity index (χ2v) is 8.51. The third kappa shape index (κ3) is 4.69. The summed E-state index contributed by atoms with van der Waals surface area (Å²) < 4.78 is 26.8. The van der Waals surface area contributed by atoms with Gasteiger partial charge in [0.2, 0.25) is 0 Å². The molecule has 2 heterocycles. The van der Waals surface area contributed by atoms with Gasteiger partial charge >= 0.3 is 21.1 Å². The van der Waals surface area contributed by atoms with Gasteiger partial charge in [0.15, 0.2) is 0 Å². The summed E-state index contributed by atoms with van der Waals surface area (Å²) in [5, 5.41) is 0. The fourth-order valence-corrected chi connectivity index (χ4v) is 2.93. The first-order valence-electron chi connectivity index (χ1n) is 8.62. The number of rotatable bonds is 4. The molecule has 0 aliphatic heterocycles. The molecule has 6 heteroatoms. The van der Waals surface area contributed by atoms with Crippen molar-refractivity contribution in [2.75, 3.05) is 0 Å². The zero-order valence-corrected chi connectivity index (χ0v) is 19.1. The first-order valence-corrected chi connectivity index (χ1v) is 9.03. The Labute approximate surface area is 184 Å². The van der Waals surface area contributed by atoms with E-state index in [1.54, 1.807) is 12.1 Å². The Kier molecular flexibility index (Phi) is 6.83. The topological polar surface area (TPSA) is 25.8 Å². The number of hydrogen-bond donors (Lipinski definition) is 0. The molecule has 0 unspecified atom stereocenters. The number of aromatic nitrogens is 2. The largest absolute Gasteiger partial charge is 2.00 e. The van der Waals surface area contributed by atoms with Crippen LogP contribution in [0.2, 0.25) is 0 Å². The molecule has 1 aromatic carbocycles. The minimum atomic E-state index is -0.689. The molecule has 2 aromatic heterocycles. The van der Waals surface area contributed by atoms with Gasteiger partial charge in [0, 0.05) is 28.4 Å². The van der Waals surface area contributed by atoms with Crippen molar-refractivity contribution in [1.29, 1.82) is 0 Å². The van der Waals surface area contributed by atoms with Gasteiger partial charge in [-0.15, -0.1) is 16.9 Å². The molecule has 28 heavy (non-hydrogen) atoms. The molecule has 2 nitrogen and oxygen atoms in total. The van der Waals surface area contributed by atoms with Crippen LogP contribution in [0.25, 0.3) is 11.3 Å². The molecule has 0 saturated heterocycles. The zero-order chi connectivity index (χ0) is 19.8.